The number of morpholine rings is 1. The van der Waals surface area contributed by atoms with E-state index >= 15 is 0 Å². The van der Waals surface area contributed by atoms with Gasteiger partial charge in [0, 0.05) is 18.7 Å². The number of carbonyl (C=O) groups is 2. The van der Waals surface area contributed by atoms with Gasteiger partial charge in [-0.1, -0.05) is 23.4 Å². The zero-order valence-corrected chi connectivity index (χ0v) is 17.3. The first-order valence-corrected chi connectivity index (χ1v) is 10.4. The van der Waals surface area contributed by atoms with Gasteiger partial charge < -0.3 is 19.5 Å². The van der Waals surface area contributed by atoms with Crippen molar-refractivity contribution in [2.24, 2.45) is 0 Å². The monoisotopic (exact) mass is 466 g/mol. The summed E-state index contributed by atoms with van der Waals surface area (Å²) in [6.07, 6.45) is -4.74. The lowest BCUT2D eigenvalue weighted by atomic mass is 10.1. The minimum absolute atomic E-state index is 0.149. The fraction of sp³-hybridized carbons (Fsp3) is 0.300. The molecule has 1 aliphatic heterocycles. The highest BCUT2D eigenvalue weighted by Crippen LogP contribution is 2.31. The highest BCUT2D eigenvalue weighted by atomic mass is 32.1. The van der Waals surface area contributed by atoms with E-state index < -0.39 is 18.0 Å². The van der Waals surface area contributed by atoms with Crippen LogP contribution in [0.4, 0.5) is 13.2 Å². The van der Waals surface area contributed by atoms with Gasteiger partial charge in [0.2, 0.25) is 5.82 Å². The van der Waals surface area contributed by atoms with Gasteiger partial charge in [0.1, 0.15) is 0 Å². The van der Waals surface area contributed by atoms with Crippen LogP contribution in [-0.4, -0.2) is 59.2 Å². The number of nitrogens with zero attached hydrogens (tertiary/aromatic N) is 3. The summed E-state index contributed by atoms with van der Waals surface area (Å²) in [6.45, 7) is 1.24. The smallest absolute Gasteiger partial charge is 0.377 e. The Morgan fingerprint density at radius 2 is 1.97 bits per heavy atom. The summed E-state index contributed by atoms with van der Waals surface area (Å²) < 4.78 is 47.6. The molecule has 0 radical (unpaired) electrons. The first kappa shape index (κ1) is 22.0. The van der Waals surface area contributed by atoms with Gasteiger partial charge >= 0.3 is 12.1 Å². The Kier molecular flexibility index (Phi) is 6.24. The number of alkyl halides is 3. The summed E-state index contributed by atoms with van der Waals surface area (Å²) in [4.78, 5) is 30.9. The Morgan fingerprint density at radius 3 is 2.69 bits per heavy atom. The van der Waals surface area contributed by atoms with Crippen LogP contribution < -0.4 is 5.32 Å². The van der Waals surface area contributed by atoms with Crippen molar-refractivity contribution in [3.8, 4) is 10.7 Å². The van der Waals surface area contributed by atoms with Crippen LogP contribution in [-0.2, 0) is 10.9 Å². The van der Waals surface area contributed by atoms with E-state index in [1.165, 1.54) is 12.1 Å². The SMILES string of the molecule is O=C(NCC1COCCN1C(=O)c1ccccc1)c1ccc(-c2noc(C(F)(F)F)n2)s1. The third kappa shape index (κ3) is 4.81. The molecule has 168 valence electrons. The van der Waals surface area contributed by atoms with E-state index in [4.69, 9.17) is 4.74 Å². The van der Waals surface area contributed by atoms with Gasteiger partial charge in [-0.3, -0.25) is 9.59 Å². The minimum atomic E-state index is -4.74. The molecule has 1 unspecified atom stereocenters. The second kappa shape index (κ2) is 9.09. The van der Waals surface area contributed by atoms with E-state index in [9.17, 15) is 22.8 Å². The van der Waals surface area contributed by atoms with Gasteiger partial charge in [0.05, 0.1) is 29.0 Å². The molecule has 0 bridgehead atoms. The Morgan fingerprint density at radius 1 is 1.19 bits per heavy atom. The largest absolute Gasteiger partial charge is 0.471 e. The normalized spacial score (nSPS) is 16.7. The molecule has 0 spiro atoms. The van der Waals surface area contributed by atoms with Gasteiger partial charge in [-0.25, -0.2) is 0 Å². The number of ether oxygens (including phenoxy) is 1. The summed E-state index contributed by atoms with van der Waals surface area (Å²) in [7, 11) is 0. The predicted octanol–water partition coefficient (Wildman–Crippen LogP) is 3.09. The van der Waals surface area contributed by atoms with E-state index in [-0.39, 0.29) is 40.7 Å². The molecule has 3 heterocycles. The van der Waals surface area contributed by atoms with Crippen molar-refractivity contribution < 1.29 is 32.0 Å². The molecule has 4 rings (SSSR count). The molecule has 1 fully saturated rings. The highest BCUT2D eigenvalue weighted by Gasteiger charge is 2.38. The van der Waals surface area contributed by atoms with E-state index in [1.54, 1.807) is 29.2 Å². The third-order valence-corrected chi connectivity index (χ3v) is 5.81. The zero-order chi connectivity index (χ0) is 22.7. The van der Waals surface area contributed by atoms with Crippen molar-refractivity contribution in [3.05, 3.63) is 58.8 Å². The van der Waals surface area contributed by atoms with Gasteiger partial charge in [0.25, 0.3) is 11.8 Å². The van der Waals surface area contributed by atoms with Crippen LogP contribution >= 0.6 is 11.3 Å². The van der Waals surface area contributed by atoms with Gasteiger partial charge in [-0.15, -0.1) is 11.3 Å². The van der Waals surface area contributed by atoms with Crippen LogP contribution in [0.3, 0.4) is 0 Å². The Hall–Kier alpha value is -3.25. The summed E-state index contributed by atoms with van der Waals surface area (Å²) in [5.74, 6) is -2.28. The van der Waals surface area contributed by atoms with Crippen molar-refractivity contribution in [3.63, 3.8) is 0 Å². The molecule has 12 heteroatoms. The predicted molar refractivity (Wildman–Crippen MR) is 107 cm³/mol. The molecular weight excluding hydrogens is 449 g/mol. The van der Waals surface area contributed by atoms with Crippen LogP contribution in [0.1, 0.15) is 25.9 Å². The summed E-state index contributed by atoms with van der Waals surface area (Å²) >= 11 is 0.932. The summed E-state index contributed by atoms with van der Waals surface area (Å²) in [5.41, 5.74) is 0.548. The molecule has 0 aliphatic carbocycles. The number of rotatable bonds is 5. The van der Waals surface area contributed by atoms with Crippen molar-refractivity contribution in [2.75, 3.05) is 26.3 Å². The molecule has 8 nitrogen and oxygen atoms in total. The van der Waals surface area contributed by atoms with E-state index in [0.717, 1.165) is 11.3 Å². The highest BCUT2D eigenvalue weighted by molar-refractivity contribution is 7.17. The van der Waals surface area contributed by atoms with Crippen LogP contribution in [0, 0.1) is 0 Å². The molecule has 1 saturated heterocycles. The van der Waals surface area contributed by atoms with Crippen LogP contribution in [0.2, 0.25) is 0 Å². The topological polar surface area (TPSA) is 97.6 Å². The number of aromatic nitrogens is 2. The Labute approximate surface area is 184 Å². The average molecular weight is 466 g/mol. The van der Waals surface area contributed by atoms with Crippen LogP contribution in [0.15, 0.2) is 47.0 Å². The fourth-order valence-electron chi connectivity index (χ4n) is 3.15. The third-order valence-electron chi connectivity index (χ3n) is 4.73. The molecule has 1 aliphatic rings. The number of carbonyl (C=O) groups excluding carboxylic acids is 2. The van der Waals surface area contributed by atoms with Crippen LogP contribution in [0.5, 0.6) is 0 Å². The molecular formula is C20H17F3N4O4S. The molecule has 2 amide bonds. The van der Waals surface area contributed by atoms with Gasteiger partial charge in [0.15, 0.2) is 0 Å². The number of nitrogens with one attached hydrogen (secondary N) is 1. The lowest BCUT2D eigenvalue weighted by Crippen LogP contribution is -2.53. The quantitative estimate of drug-likeness (QED) is 0.621. The average Bonchev–Trinajstić information content (AvgIpc) is 3.47. The van der Waals surface area contributed by atoms with Crippen molar-refractivity contribution in [1.82, 2.24) is 20.4 Å². The molecule has 32 heavy (non-hydrogen) atoms. The Balaban J connectivity index is 1.40. The van der Waals surface area contributed by atoms with Gasteiger partial charge in [-0.2, -0.15) is 18.2 Å². The minimum Gasteiger partial charge on any atom is -0.377 e. The van der Waals surface area contributed by atoms with Crippen molar-refractivity contribution in [1.29, 1.82) is 0 Å². The van der Waals surface area contributed by atoms with Crippen molar-refractivity contribution in [2.45, 2.75) is 12.2 Å². The maximum atomic E-state index is 12.8. The fourth-order valence-corrected chi connectivity index (χ4v) is 4.00. The van der Waals surface area contributed by atoms with Crippen molar-refractivity contribution >= 4 is 23.2 Å². The summed E-state index contributed by atoms with van der Waals surface area (Å²) in [6, 6.07) is 11.4. The molecule has 3 aromatic rings. The lowest BCUT2D eigenvalue weighted by molar-refractivity contribution is -0.159. The van der Waals surface area contributed by atoms with Crippen LogP contribution in [0.25, 0.3) is 10.7 Å². The first-order chi connectivity index (χ1) is 15.3. The Bertz CT molecular complexity index is 1100. The molecule has 1 N–H and O–H groups in total. The van der Waals surface area contributed by atoms with E-state index in [2.05, 4.69) is 20.0 Å². The number of hydrogen-bond donors (Lipinski definition) is 1. The summed E-state index contributed by atoms with van der Waals surface area (Å²) in [5, 5.41) is 6.07. The maximum Gasteiger partial charge on any atom is 0.471 e. The van der Waals surface area contributed by atoms with Gasteiger partial charge in [-0.05, 0) is 24.3 Å². The molecule has 1 atom stereocenters. The first-order valence-electron chi connectivity index (χ1n) is 9.56. The molecule has 0 saturated carbocycles. The van der Waals surface area contributed by atoms with E-state index in [0.29, 0.717) is 18.7 Å². The number of benzene rings is 1. The number of thiophene rings is 1. The maximum absolute atomic E-state index is 12.8. The van der Waals surface area contributed by atoms with E-state index in [1.807, 2.05) is 6.07 Å². The number of halogens is 3. The second-order valence-electron chi connectivity index (χ2n) is 6.89. The number of hydrogen-bond acceptors (Lipinski definition) is 7. The lowest BCUT2D eigenvalue weighted by Gasteiger charge is -2.35. The number of amides is 2. The molecule has 1 aromatic carbocycles. The molecule has 2 aromatic heterocycles. The zero-order valence-electron chi connectivity index (χ0n) is 16.5. The standard InChI is InChI=1S/C20H17F3N4O4S/c21-20(22,23)19-25-16(26-31-19)14-6-7-15(32-14)17(28)24-10-13-11-30-9-8-27(13)18(29)12-4-2-1-3-5-12/h1-7,13H,8-11H2,(H,24,28). The second-order valence-corrected chi connectivity index (χ2v) is 7.97.